The highest BCUT2D eigenvalue weighted by Crippen LogP contribution is 2.65. The fourth-order valence-corrected chi connectivity index (χ4v) is 4.26. The molecule has 0 heterocycles. The second-order valence-electron chi connectivity index (χ2n) is 8.22. The third-order valence-electron chi connectivity index (χ3n) is 6.57. The molecule has 2 amide bonds. The van der Waals surface area contributed by atoms with Gasteiger partial charge in [0.05, 0.1) is 12.6 Å². The van der Waals surface area contributed by atoms with E-state index in [1.54, 1.807) is 0 Å². The molecule has 2 saturated carbocycles. The quantitative estimate of drug-likeness (QED) is 0.718. The topological polar surface area (TPSA) is 84.2 Å². The van der Waals surface area contributed by atoms with Gasteiger partial charge < -0.3 is 16.4 Å². The molecule has 0 aromatic carbocycles. The van der Waals surface area contributed by atoms with Crippen LogP contribution in [0.15, 0.2) is 0 Å². The van der Waals surface area contributed by atoms with E-state index in [9.17, 15) is 9.59 Å². The lowest BCUT2D eigenvalue weighted by Gasteiger charge is -2.39. The van der Waals surface area contributed by atoms with E-state index in [-0.39, 0.29) is 41.1 Å². The summed E-state index contributed by atoms with van der Waals surface area (Å²) in [4.78, 5) is 24.0. The SMILES string of the molecule is CC(C)[C@H](N)C(=O)NCC(=O)NC1CC2CCC1(C)C2(C)C. The van der Waals surface area contributed by atoms with Crippen molar-refractivity contribution in [3.8, 4) is 0 Å². The van der Waals surface area contributed by atoms with Crippen molar-refractivity contribution in [2.24, 2.45) is 28.4 Å². The lowest BCUT2D eigenvalue weighted by molar-refractivity contribution is -0.128. The molecule has 4 atom stereocenters. The van der Waals surface area contributed by atoms with Gasteiger partial charge >= 0.3 is 0 Å². The maximum Gasteiger partial charge on any atom is 0.239 e. The van der Waals surface area contributed by atoms with E-state index in [1.807, 2.05) is 13.8 Å². The first-order valence-electron chi connectivity index (χ1n) is 8.42. The maximum atomic E-state index is 12.2. The molecular weight excluding hydrogens is 278 g/mol. The van der Waals surface area contributed by atoms with Crippen LogP contribution < -0.4 is 16.4 Å². The lowest BCUT2D eigenvalue weighted by Crippen LogP contribution is -2.51. The van der Waals surface area contributed by atoms with Gasteiger partial charge in [0.2, 0.25) is 11.8 Å². The maximum absolute atomic E-state index is 12.2. The molecule has 2 fully saturated rings. The largest absolute Gasteiger partial charge is 0.351 e. The number of hydrogen-bond acceptors (Lipinski definition) is 3. The van der Waals surface area contributed by atoms with Crippen LogP contribution in [0.1, 0.15) is 53.9 Å². The highest BCUT2D eigenvalue weighted by molar-refractivity contribution is 5.87. The van der Waals surface area contributed by atoms with Gasteiger partial charge in [-0.25, -0.2) is 0 Å². The van der Waals surface area contributed by atoms with E-state index in [0.717, 1.165) is 6.42 Å². The first-order chi connectivity index (χ1) is 10.1. The molecule has 126 valence electrons. The standard InChI is InChI=1S/C17H31N3O2/c1-10(2)14(18)15(22)19-9-13(21)20-12-8-11-6-7-17(12,5)16(11,3)4/h10-12,14H,6-9,18H2,1-5H3,(H,19,22)(H,20,21)/t11?,12?,14-,17?/m0/s1. The van der Waals surface area contributed by atoms with E-state index in [2.05, 4.69) is 31.4 Å². The number of hydrogen-bond donors (Lipinski definition) is 3. The minimum Gasteiger partial charge on any atom is -0.351 e. The molecule has 0 radical (unpaired) electrons. The molecule has 0 aromatic rings. The average molecular weight is 309 g/mol. The van der Waals surface area contributed by atoms with Crippen LogP contribution in [0.25, 0.3) is 0 Å². The zero-order valence-electron chi connectivity index (χ0n) is 14.5. The Hall–Kier alpha value is -1.10. The van der Waals surface area contributed by atoms with Crippen LogP contribution in [-0.4, -0.2) is 30.4 Å². The Morgan fingerprint density at radius 3 is 2.36 bits per heavy atom. The molecular formula is C17H31N3O2. The van der Waals surface area contributed by atoms with E-state index < -0.39 is 6.04 Å². The summed E-state index contributed by atoms with van der Waals surface area (Å²) in [5.41, 5.74) is 6.20. The van der Waals surface area contributed by atoms with Crippen LogP contribution in [0.3, 0.4) is 0 Å². The van der Waals surface area contributed by atoms with Crippen LogP contribution in [0.5, 0.6) is 0 Å². The van der Waals surface area contributed by atoms with Crippen molar-refractivity contribution in [3.63, 3.8) is 0 Å². The summed E-state index contributed by atoms with van der Waals surface area (Å²) in [7, 11) is 0. The summed E-state index contributed by atoms with van der Waals surface area (Å²) in [5.74, 6) is 0.378. The van der Waals surface area contributed by atoms with Gasteiger partial charge in [-0.2, -0.15) is 0 Å². The van der Waals surface area contributed by atoms with E-state index in [4.69, 9.17) is 5.73 Å². The fourth-order valence-electron chi connectivity index (χ4n) is 4.26. The van der Waals surface area contributed by atoms with Crippen molar-refractivity contribution < 1.29 is 9.59 Å². The first kappa shape index (κ1) is 17.3. The van der Waals surface area contributed by atoms with Gasteiger partial charge in [-0.3, -0.25) is 9.59 Å². The summed E-state index contributed by atoms with van der Waals surface area (Å²) in [6.07, 6.45) is 3.48. The Morgan fingerprint density at radius 1 is 1.27 bits per heavy atom. The number of fused-ring (bicyclic) bond motifs is 2. The highest BCUT2D eigenvalue weighted by Gasteiger charge is 2.61. The van der Waals surface area contributed by atoms with Gasteiger partial charge in [-0.1, -0.05) is 34.6 Å². The third kappa shape index (κ3) is 2.75. The summed E-state index contributed by atoms with van der Waals surface area (Å²) >= 11 is 0. The second-order valence-corrected chi connectivity index (χ2v) is 8.22. The van der Waals surface area contributed by atoms with E-state index >= 15 is 0 Å². The molecule has 3 unspecified atom stereocenters. The molecule has 4 N–H and O–H groups in total. The Labute approximate surface area is 133 Å². The average Bonchev–Trinajstić information content (AvgIpc) is 2.77. The Bertz CT molecular complexity index is 461. The Balaban J connectivity index is 1.85. The van der Waals surface area contributed by atoms with E-state index in [1.165, 1.54) is 12.8 Å². The van der Waals surface area contributed by atoms with Gasteiger partial charge in [-0.05, 0) is 41.9 Å². The van der Waals surface area contributed by atoms with Crippen molar-refractivity contribution in [1.29, 1.82) is 0 Å². The van der Waals surface area contributed by atoms with Gasteiger partial charge in [0.25, 0.3) is 0 Å². The normalized spacial score (nSPS) is 33.8. The number of carbonyl (C=O) groups is 2. The second kappa shape index (κ2) is 5.84. The Kier molecular flexibility index (Phi) is 4.58. The number of nitrogens with one attached hydrogen (secondary N) is 2. The minimum absolute atomic E-state index is 0.0108. The summed E-state index contributed by atoms with van der Waals surface area (Å²) in [6, 6.07) is -0.351. The summed E-state index contributed by atoms with van der Waals surface area (Å²) in [6.45, 7) is 10.7. The molecule has 0 aliphatic heterocycles. The lowest BCUT2D eigenvalue weighted by atomic mass is 9.69. The highest BCUT2D eigenvalue weighted by atomic mass is 16.2. The molecule has 2 rings (SSSR count). The first-order valence-corrected chi connectivity index (χ1v) is 8.42. The summed E-state index contributed by atoms with van der Waals surface area (Å²) < 4.78 is 0. The smallest absolute Gasteiger partial charge is 0.239 e. The van der Waals surface area contributed by atoms with Crippen molar-refractivity contribution in [2.45, 2.75) is 66.0 Å². The van der Waals surface area contributed by atoms with Crippen LogP contribution >= 0.6 is 0 Å². The van der Waals surface area contributed by atoms with Crippen molar-refractivity contribution >= 4 is 11.8 Å². The molecule has 0 aromatic heterocycles. The molecule has 0 saturated heterocycles. The molecule has 2 aliphatic carbocycles. The van der Waals surface area contributed by atoms with Crippen LogP contribution in [0.4, 0.5) is 0 Å². The van der Waals surface area contributed by atoms with Gasteiger partial charge in [-0.15, -0.1) is 0 Å². The molecule has 5 nitrogen and oxygen atoms in total. The molecule has 5 heteroatoms. The monoisotopic (exact) mass is 309 g/mol. The zero-order chi connectivity index (χ0) is 16.7. The predicted octanol–water partition coefficient (Wildman–Crippen LogP) is 1.42. The Morgan fingerprint density at radius 2 is 1.91 bits per heavy atom. The van der Waals surface area contributed by atoms with Crippen molar-refractivity contribution in [2.75, 3.05) is 6.54 Å². The number of amides is 2. The number of nitrogens with two attached hydrogens (primary N) is 1. The summed E-state index contributed by atoms with van der Waals surface area (Å²) in [5, 5.41) is 5.77. The van der Waals surface area contributed by atoms with Crippen LogP contribution in [0.2, 0.25) is 0 Å². The van der Waals surface area contributed by atoms with Gasteiger partial charge in [0.15, 0.2) is 0 Å². The zero-order valence-corrected chi connectivity index (χ0v) is 14.5. The minimum atomic E-state index is -0.563. The van der Waals surface area contributed by atoms with Crippen molar-refractivity contribution in [3.05, 3.63) is 0 Å². The number of carbonyl (C=O) groups excluding carboxylic acids is 2. The van der Waals surface area contributed by atoms with Crippen molar-refractivity contribution in [1.82, 2.24) is 10.6 Å². The molecule has 2 aliphatic rings. The molecule has 0 spiro atoms. The van der Waals surface area contributed by atoms with E-state index in [0.29, 0.717) is 5.92 Å². The van der Waals surface area contributed by atoms with Crippen LogP contribution in [0, 0.1) is 22.7 Å². The number of rotatable bonds is 5. The van der Waals surface area contributed by atoms with Crippen LogP contribution in [-0.2, 0) is 9.59 Å². The fraction of sp³-hybridized carbons (Fsp3) is 0.882. The van der Waals surface area contributed by atoms with Gasteiger partial charge in [0.1, 0.15) is 0 Å². The predicted molar refractivity (Wildman–Crippen MR) is 87.0 cm³/mol. The van der Waals surface area contributed by atoms with Gasteiger partial charge in [0, 0.05) is 6.04 Å². The third-order valence-corrected chi connectivity index (χ3v) is 6.57. The molecule has 22 heavy (non-hydrogen) atoms. The molecule has 2 bridgehead atoms.